The fourth-order valence-corrected chi connectivity index (χ4v) is 2.99. The number of aromatic nitrogens is 4. The molecular formula is C16H13F2N5O2. The zero-order valence-corrected chi connectivity index (χ0v) is 13.2. The summed E-state index contributed by atoms with van der Waals surface area (Å²) in [5, 5.41) is 4.30. The molecule has 0 saturated heterocycles. The van der Waals surface area contributed by atoms with Crippen molar-refractivity contribution >= 4 is 16.9 Å². The summed E-state index contributed by atoms with van der Waals surface area (Å²) in [6.07, 6.45) is 2.70. The van der Waals surface area contributed by atoms with Crippen molar-refractivity contribution in [2.45, 2.75) is 19.6 Å². The van der Waals surface area contributed by atoms with E-state index in [0.29, 0.717) is 22.2 Å². The topological polar surface area (TPSA) is 73.0 Å². The minimum Gasteiger partial charge on any atom is -0.332 e. The molecule has 1 aliphatic heterocycles. The van der Waals surface area contributed by atoms with E-state index < -0.39 is 11.6 Å². The standard InChI is InChI=1S/C16H13F2N5O2/c1-21-15-11(4-20-21)16(25)23(8-19-15)7-14(24)22-5-9-2-12(17)13(18)3-10(9)6-22/h2-4,8H,5-7H2,1H3. The Balaban J connectivity index is 1.57. The summed E-state index contributed by atoms with van der Waals surface area (Å²) in [4.78, 5) is 30.5. The van der Waals surface area contributed by atoms with Crippen molar-refractivity contribution in [3.05, 3.63) is 57.8 Å². The third-order valence-corrected chi connectivity index (χ3v) is 4.34. The first-order valence-corrected chi connectivity index (χ1v) is 7.56. The summed E-state index contributed by atoms with van der Waals surface area (Å²) in [6, 6.07) is 2.21. The number of aryl methyl sites for hydroxylation is 1. The highest BCUT2D eigenvalue weighted by Gasteiger charge is 2.25. The monoisotopic (exact) mass is 345 g/mol. The molecule has 3 heterocycles. The van der Waals surface area contributed by atoms with E-state index in [4.69, 9.17) is 0 Å². The van der Waals surface area contributed by atoms with Gasteiger partial charge in [-0.15, -0.1) is 0 Å². The maximum Gasteiger partial charge on any atom is 0.264 e. The number of rotatable bonds is 2. The summed E-state index contributed by atoms with van der Waals surface area (Å²) in [5.41, 5.74) is 1.22. The predicted molar refractivity (Wildman–Crippen MR) is 83.4 cm³/mol. The van der Waals surface area contributed by atoms with E-state index >= 15 is 0 Å². The molecule has 0 saturated carbocycles. The third kappa shape index (κ3) is 2.48. The smallest absolute Gasteiger partial charge is 0.264 e. The second kappa shape index (κ2) is 5.47. The second-order valence-electron chi connectivity index (χ2n) is 5.97. The number of amides is 1. The Bertz CT molecular complexity index is 1040. The van der Waals surface area contributed by atoms with Crippen molar-refractivity contribution in [3.63, 3.8) is 0 Å². The average Bonchev–Trinajstić information content (AvgIpc) is 3.15. The Hall–Kier alpha value is -3.10. The highest BCUT2D eigenvalue weighted by molar-refractivity contribution is 5.78. The molecule has 0 radical (unpaired) electrons. The first kappa shape index (κ1) is 15.4. The number of carbonyl (C=O) groups excluding carboxylic acids is 1. The van der Waals surface area contributed by atoms with Crippen LogP contribution in [0.25, 0.3) is 11.0 Å². The van der Waals surface area contributed by atoms with Crippen molar-refractivity contribution < 1.29 is 13.6 Å². The van der Waals surface area contributed by atoms with Crippen molar-refractivity contribution in [1.29, 1.82) is 0 Å². The lowest BCUT2D eigenvalue weighted by atomic mass is 10.1. The van der Waals surface area contributed by atoms with E-state index in [1.807, 2.05) is 0 Å². The van der Waals surface area contributed by atoms with Crippen LogP contribution in [0.2, 0.25) is 0 Å². The number of carbonyl (C=O) groups is 1. The van der Waals surface area contributed by atoms with E-state index in [9.17, 15) is 18.4 Å². The molecule has 0 atom stereocenters. The molecule has 4 rings (SSSR count). The number of hydrogen-bond donors (Lipinski definition) is 0. The number of hydrogen-bond acceptors (Lipinski definition) is 4. The van der Waals surface area contributed by atoms with E-state index in [1.165, 1.54) is 26.7 Å². The van der Waals surface area contributed by atoms with Crippen LogP contribution in [0.5, 0.6) is 0 Å². The zero-order chi connectivity index (χ0) is 17.7. The molecule has 0 unspecified atom stereocenters. The van der Waals surface area contributed by atoms with Gasteiger partial charge in [-0.1, -0.05) is 0 Å². The molecule has 0 fully saturated rings. The van der Waals surface area contributed by atoms with Crippen LogP contribution in [0.3, 0.4) is 0 Å². The van der Waals surface area contributed by atoms with Gasteiger partial charge in [0, 0.05) is 20.1 Å². The largest absolute Gasteiger partial charge is 0.332 e. The van der Waals surface area contributed by atoms with E-state index in [2.05, 4.69) is 10.1 Å². The molecule has 0 spiro atoms. The fraction of sp³-hybridized carbons (Fsp3) is 0.250. The van der Waals surface area contributed by atoms with Gasteiger partial charge in [0.15, 0.2) is 17.3 Å². The Kier molecular flexibility index (Phi) is 3.38. The van der Waals surface area contributed by atoms with Gasteiger partial charge in [-0.25, -0.2) is 13.8 Å². The summed E-state index contributed by atoms with van der Waals surface area (Å²) >= 11 is 0. The predicted octanol–water partition coefficient (Wildman–Crippen LogP) is 0.951. The van der Waals surface area contributed by atoms with Crippen LogP contribution in [0.4, 0.5) is 8.78 Å². The van der Waals surface area contributed by atoms with Gasteiger partial charge in [0.25, 0.3) is 5.56 Å². The van der Waals surface area contributed by atoms with Gasteiger partial charge >= 0.3 is 0 Å². The Morgan fingerprint density at radius 3 is 2.48 bits per heavy atom. The lowest BCUT2D eigenvalue weighted by Crippen LogP contribution is -2.33. The molecule has 1 aliphatic rings. The van der Waals surface area contributed by atoms with E-state index in [0.717, 1.165) is 12.1 Å². The fourth-order valence-electron chi connectivity index (χ4n) is 2.99. The van der Waals surface area contributed by atoms with Crippen LogP contribution in [-0.2, 0) is 31.5 Å². The van der Waals surface area contributed by atoms with Crippen LogP contribution in [-0.4, -0.2) is 30.1 Å². The third-order valence-electron chi connectivity index (χ3n) is 4.34. The number of fused-ring (bicyclic) bond motifs is 2. The van der Waals surface area contributed by atoms with Gasteiger partial charge in [0.2, 0.25) is 5.91 Å². The van der Waals surface area contributed by atoms with Crippen LogP contribution >= 0.6 is 0 Å². The SMILES string of the molecule is Cn1ncc2c(=O)n(CC(=O)N3Cc4cc(F)c(F)cc4C3)cnc21. The van der Waals surface area contributed by atoms with Gasteiger partial charge in [-0.05, 0) is 23.3 Å². The lowest BCUT2D eigenvalue weighted by molar-refractivity contribution is -0.132. The van der Waals surface area contributed by atoms with Gasteiger partial charge in [0.05, 0.1) is 6.20 Å². The summed E-state index contributed by atoms with van der Waals surface area (Å²) in [6.45, 7) is 0.168. The van der Waals surface area contributed by atoms with Crippen molar-refractivity contribution in [2.75, 3.05) is 0 Å². The van der Waals surface area contributed by atoms with Crippen LogP contribution in [0.1, 0.15) is 11.1 Å². The van der Waals surface area contributed by atoms with Gasteiger partial charge < -0.3 is 4.90 Å². The maximum absolute atomic E-state index is 13.3. The van der Waals surface area contributed by atoms with Crippen LogP contribution < -0.4 is 5.56 Å². The normalized spacial score (nSPS) is 13.5. The highest BCUT2D eigenvalue weighted by atomic mass is 19.2. The molecule has 7 nitrogen and oxygen atoms in total. The highest BCUT2D eigenvalue weighted by Crippen LogP contribution is 2.25. The van der Waals surface area contributed by atoms with Gasteiger partial charge in [0.1, 0.15) is 18.3 Å². The van der Waals surface area contributed by atoms with Crippen LogP contribution in [0.15, 0.2) is 29.5 Å². The minimum absolute atomic E-state index is 0.183. The van der Waals surface area contributed by atoms with Crippen LogP contribution in [0, 0.1) is 11.6 Å². The second-order valence-corrected chi connectivity index (χ2v) is 5.97. The van der Waals surface area contributed by atoms with Crippen molar-refractivity contribution in [3.8, 4) is 0 Å². The molecule has 9 heteroatoms. The molecule has 0 bridgehead atoms. The maximum atomic E-state index is 13.3. The van der Waals surface area contributed by atoms with Crippen molar-refractivity contribution in [2.24, 2.45) is 7.05 Å². The molecule has 0 aliphatic carbocycles. The molecule has 0 N–H and O–H groups in total. The summed E-state index contributed by atoms with van der Waals surface area (Å²) in [7, 11) is 1.67. The van der Waals surface area contributed by atoms with E-state index in [-0.39, 0.29) is 31.1 Å². The molecule has 1 aromatic carbocycles. The quantitative estimate of drug-likeness (QED) is 0.693. The first-order chi connectivity index (χ1) is 11.9. The molecular weight excluding hydrogens is 332 g/mol. The number of nitrogens with zero attached hydrogens (tertiary/aromatic N) is 5. The Morgan fingerprint density at radius 2 is 1.84 bits per heavy atom. The molecule has 128 valence electrons. The summed E-state index contributed by atoms with van der Waals surface area (Å²) < 4.78 is 29.3. The van der Waals surface area contributed by atoms with Crippen molar-refractivity contribution in [1.82, 2.24) is 24.2 Å². The minimum atomic E-state index is -0.935. The van der Waals surface area contributed by atoms with E-state index in [1.54, 1.807) is 7.05 Å². The first-order valence-electron chi connectivity index (χ1n) is 7.56. The summed E-state index contributed by atoms with van der Waals surface area (Å²) in [5.74, 6) is -2.20. The van der Waals surface area contributed by atoms with Gasteiger partial charge in [-0.2, -0.15) is 5.10 Å². The molecule has 1 amide bonds. The van der Waals surface area contributed by atoms with Gasteiger partial charge in [-0.3, -0.25) is 18.8 Å². The zero-order valence-electron chi connectivity index (χ0n) is 13.2. The Morgan fingerprint density at radius 1 is 1.20 bits per heavy atom. The lowest BCUT2D eigenvalue weighted by Gasteiger charge is -2.16. The number of benzene rings is 1. The Labute approximate surface area is 140 Å². The molecule has 25 heavy (non-hydrogen) atoms. The molecule has 2 aromatic heterocycles. The number of halogens is 2. The average molecular weight is 345 g/mol. The molecule has 3 aromatic rings.